The van der Waals surface area contributed by atoms with Gasteiger partial charge < -0.3 is 10.6 Å². The molecule has 0 unspecified atom stereocenters. The van der Waals surface area contributed by atoms with Gasteiger partial charge in [0.2, 0.25) is 21.8 Å². The summed E-state index contributed by atoms with van der Waals surface area (Å²) in [4.78, 5) is 23.3. The van der Waals surface area contributed by atoms with E-state index >= 15 is 0 Å². The number of aryl methyl sites for hydroxylation is 1. The molecule has 0 aliphatic carbocycles. The molecule has 0 aromatic heterocycles. The van der Waals surface area contributed by atoms with Gasteiger partial charge in [0.25, 0.3) is 0 Å². The van der Waals surface area contributed by atoms with Crippen LogP contribution in [0.1, 0.15) is 12.5 Å². The molecule has 2 aromatic carbocycles. The fourth-order valence-corrected chi connectivity index (χ4v) is 3.69. The van der Waals surface area contributed by atoms with Gasteiger partial charge in [-0.05, 0) is 55.0 Å². The van der Waals surface area contributed by atoms with E-state index in [1.165, 1.54) is 38.2 Å². The average Bonchev–Trinajstić information content (AvgIpc) is 2.57. The lowest BCUT2D eigenvalue weighted by Gasteiger charge is -2.17. The monoisotopic (exact) mass is 409 g/mol. The maximum absolute atomic E-state index is 12.6. The summed E-state index contributed by atoms with van der Waals surface area (Å²) in [7, 11) is -2.52. The molecule has 0 bridgehead atoms. The normalized spacial score (nSPS) is 11.3. The fraction of sp³-hybridized carbons (Fsp3) is 0.222. The van der Waals surface area contributed by atoms with Crippen molar-refractivity contribution in [2.75, 3.05) is 24.2 Å². The maximum atomic E-state index is 12.6. The largest absolute Gasteiger partial charge is 0.326 e. The third kappa shape index (κ3) is 5.53. The Morgan fingerprint density at radius 2 is 1.70 bits per heavy atom. The fourth-order valence-electron chi connectivity index (χ4n) is 2.34. The lowest BCUT2D eigenvalue weighted by atomic mass is 10.2. The van der Waals surface area contributed by atoms with Crippen molar-refractivity contribution >= 4 is 44.8 Å². The first kappa shape index (κ1) is 20.9. The minimum Gasteiger partial charge on any atom is -0.326 e. The first-order valence-corrected chi connectivity index (χ1v) is 9.81. The SMILES string of the molecule is CC(=O)Nc1ccc(S(=O)(=O)N(C)CC(=O)Nc2ccc(Cl)cc2C)cc1. The van der Waals surface area contributed by atoms with E-state index in [9.17, 15) is 18.0 Å². The summed E-state index contributed by atoms with van der Waals surface area (Å²) in [6.07, 6.45) is 0. The van der Waals surface area contributed by atoms with Gasteiger partial charge in [0, 0.05) is 30.4 Å². The molecule has 27 heavy (non-hydrogen) atoms. The van der Waals surface area contributed by atoms with Crippen molar-refractivity contribution in [2.24, 2.45) is 0 Å². The number of hydrogen-bond acceptors (Lipinski definition) is 4. The molecular weight excluding hydrogens is 390 g/mol. The summed E-state index contributed by atoms with van der Waals surface area (Å²) >= 11 is 5.88. The van der Waals surface area contributed by atoms with Crippen LogP contribution in [0.25, 0.3) is 0 Å². The van der Waals surface area contributed by atoms with Crippen molar-refractivity contribution in [2.45, 2.75) is 18.7 Å². The second-order valence-corrected chi connectivity index (χ2v) is 8.46. The van der Waals surface area contributed by atoms with Crippen molar-refractivity contribution in [1.29, 1.82) is 0 Å². The maximum Gasteiger partial charge on any atom is 0.243 e. The highest BCUT2D eigenvalue weighted by molar-refractivity contribution is 7.89. The minimum absolute atomic E-state index is 0.0228. The molecule has 7 nitrogen and oxygen atoms in total. The molecule has 0 saturated carbocycles. The number of likely N-dealkylation sites (N-methyl/N-ethyl adjacent to an activating group) is 1. The molecule has 144 valence electrons. The van der Waals surface area contributed by atoms with Crippen molar-refractivity contribution in [3.8, 4) is 0 Å². The number of benzene rings is 2. The van der Waals surface area contributed by atoms with Gasteiger partial charge in [0.05, 0.1) is 11.4 Å². The first-order valence-electron chi connectivity index (χ1n) is 7.99. The molecule has 0 atom stereocenters. The molecule has 0 radical (unpaired) electrons. The Morgan fingerprint density at radius 1 is 1.07 bits per heavy atom. The molecule has 2 aromatic rings. The Balaban J connectivity index is 2.07. The highest BCUT2D eigenvalue weighted by Gasteiger charge is 2.23. The van der Waals surface area contributed by atoms with Crippen LogP contribution < -0.4 is 10.6 Å². The molecule has 9 heteroatoms. The lowest BCUT2D eigenvalue weighted by Crippen LogP contribution is -2.35. The van der Waals surface area contributed by atoms with E-state index in [1.54, 1.807) is 25.1 Å². The highest BCUT2D eigenvalue weighted by Crippen LogP contribution is 2.20. The molecule has 0 saturated heterocycles. The summed E-state index contributed by atoms with van der Waals surface area (Å²) in [5, 5.41) is 5.78. The highest BCUT2D eigenvalue weighted by atomic mass is 35.5. The summed E-state index contributed by atoms with van der Waals surface area (Å²) < 4.78 is 26.2. The summed E-state index contributed by atoms with van der Waals surface area (Å²) in [5.41, 5.74) is 1.82. The van der Waals surface area contributed by atoms with E-state index in [4.69, 9.17) is 11.6 Å². The number of sulfonamides is 1. The number of rotatable bonds is 6. The van der Waals surface area contributed by atoms with Gasteiger partial charge in [0.1, 0.15) is 0 Å². The van der Waals surface area contributed by atoms with Gasteiger partial charge in [0.15, 0.2) is 0 Å². The Bertz CT molecular complexity index is 959. The van der Waals surface area contributed by atoms with E-state index in [0.717, 1.165) is 9.87 Å². The third-order valence-electron chi connectivity index (χ3n) is 3.71. The van der Waals surface area contributed by atoms with Crippen LogP contribution in [-0.4, -0.2) is 38.1 Å². The van der Waals surface area contributed by atoms with Gasteiger partial charge in [-0.2, -0.15) is 4.31 Å². The molecule has 2 amide bonds. The molecule has 0 heterocycles. The Labute approximate surface area is 163 Å². The zero-order chi connectivity index (χ0) is 20.2. The van der Waals surface area contributed by atoms with E-state index < -0.39 is 15.9 Å². The van der Waals surface area contributed by atoms with Gasteiger partial charge in [-0.3, -0.25) is 9.59 Å². The van der Waals surface area contributed by atoms with Crippen molar-refractivity contribution in [3.63, 3.8) is 0 Å². The van der Waals surface area contributed by atoms with Crippen LogP contribution in [0.15, 0.2) is 47.4 Å². The topological polar surface area (TPSA) is 95.6 Å². The first-order chi connectivity index (χ1) is 12.6. The van der Waals surface area contributed by atoms with Crippen molar-refractivity contribution in [1.82, 2.24) is 4.31 Å². The van der Waals surface area contributed by atoms with Gasteiger partial charge in [-0.15, -0.1) is 0 Å². The van der Waals surface area contributed by atoms with Crippen LogP contribution in [0, 0.1) is 6.92 Å². The number of nitrogens with one attached hydrogen (secondary N) is 2. The molecule has 0 fully saturated rings. The number of halogens is 1. The average molecular weight is 410 g/mol. The second-order valence-electron chi connectivity index (χ2n) is 5.97. The zero-order valence-corrected chi connectivity index (χ0v) is 16.7. The van der Waals surface area contributed by atoms with Gasteiger partial charge in [-0.25, -0.2) is 8.42 Å². The molecule has 0 spiro atoms. The smallest absolute Gasteiger partial charge is 0.243 e. The number of carbonyl (C=O) groups excluding carboxylic acids is 2. The second kappa shape index (κ2) is 8.51. The number of anilines is 2. The van der Waals surface area contributed by atoms with E-state index in [2.05, 4.69) is 10.6 Å². The summed E-state index contributed by atoms with van der Waals surface area (Å²) in [6.45, 7) is 2.80. The standard InChI is InChI=1S/C18H20ClN3O4S/c1-12-10-14(19)4-9-17(12)21-18(24)11-22(3)27(25,26)16-7-5-15(6-8-16)20-13(2)23/h4-10H,11H2,1-3H3,(H,20,23)(H,21,24). The van der Waals surface area contributed by atoms with Crippen LogP contribution in [0.4, 0.5) is 11.4 Å². The van der Waals surface area contributed by atoms with E-state index in [0.29, 0.717) is 16.4 Å². The Morgan fingerprint density at radius 3 is 2.26 bits per heavy atom. The van der Waals surface area contributed by atoms with Crippen LogP contribution in [0.3, 0.4) is 0 Å². The van der Waals surface area contributed by atoms with E-state index in [-0.39, 0.29) is 17.3 Å². The minimum atomic E-state index is -3.85. The van der Waals surface area contributed by atoms with Crippen LogP contribution in [0.2, 0.25) is 5.02 Å². The zero-order valence-electron chi connectivity index (χ0n) is 15.1. The number of hydrogen-bond donors (Lipinski definition) is 2. The third-order valence-corrected chi connectivity index (χ3v) is 5.76. The van der Waals surface area contributed by atoms with Gasteiger partial charge >= 0.3 is 0 Å². The van der Waals surface area contributed by atoms with E-state index in [1.807, 2.05) is 0 Å². The summed E-state index contributed by atoms with van der Waals surface area (Å²) in [5.74, 6) is -0.724. The molecule has 0 aliphatic heterocycles. The van der Waals surface area contributed by atoms with Crippen molar-refractivity contribution < 1.29 is 18.0 Å². The van der Waals surface area contributed by atoms with Gasteiger partial charge in [-0.1, -0.05) is 11.6 Å². The van der Waals surface area contributed by atoms with Crippen LogP contribution >= 0.6 is 11.6 Å². The quantitative estimate of drug-likeness (QED) is 0.766. The molecule has 0 aliphatic rings. The van der Waals surface area contributed by atoms with Crippen LogP contribution in [-0.2, 0) is 19.6 Å². The number of amides is 2. The molecule has 2 N–H and O–H groups in total. The number of nitrogens with zero attached hydrogens (tertiary/aromatic N) is 1. The predicted octanol–water partition coefficient (Wildman–Crippen LogP) is 2.87. The lowest BCUT2D eigenvalue weighted by molar-refractivity contribution is -0.116. The van der Waals surface area contributed by atoms with Crippen LogP contribution in [0.5, 0.6) is 0 Å². The van der Waals surface area contributed by atoms with Crippen molar-refractivity contribution in [3.05, 3.63) is 53.1 Å². The Kier molecular flexibility index (Phi) is 6.59. The Hall–Kier alpha value is -2.42. The number of carbonyl (C=O) groups is 2. The summed E-state index contributed by atoms with van der Waals surface area (Å²) in [6, 6.07) is 10.7. The molecule has 2 rings (SSSR count). The predicted molar refractivity (Wildman–Crippen MR) is 105 cm³/mol. The molecular formula is C18H20ClN3O4S.